The van der Waals surface area contributed by atoms with Gasteiger partial charge in [-0.3, -0.25) is 0 Å². The zero-order valence-corrected chi connectivity index (χ0v) is 17.1. The number of aliphatic hydroxyl groups excluding tert-OH is 1. The smallest absolute Gasteiger partial charge is 0.488 e. The van der Waals surface area contributed by atoms with Crippen LogP contribution in [0.15, 0.2) is 42.6 Å². The summed E-state index contributed by atoms with van der Waals surface area (Å²) in [6.07, 6.45) is 4.51. The van der Waals surface area contributed by atoms with E-state index < -0.39 is 7.12 Å². The summed E-state index contributed by atoms with van der Waals surface area (Å²) in [5, 5.41) is 24.0. The van der Waals surface area contributed by atoms with Gasteiger partial charge < -0.3 is 30.6 Å². The number of nitrogens with zero attached hydrogens (tertiary/aromatic N) is 2. The van der Waals surface area contributed by atoms with Crippen molar-refractivity contribution in [2.75, 3.05) is 11.9 Å². The standard InChI is InChI=1S/C22H25BN4O4/c24-11-20-17-9-4-14(10-18(17)23(29)31-20)26-22-25-12-13-2-1-3-19(21(13)27-22)30-16-7-5-15(28)6-8-16/h1-4,9-10,12,15-16,20,28-29H,5-8,11,24H2,(H,25,26,27). The average molecular weight is 420 g/mol. The van der Waals surface area contributed by atoms with E-state index in [1.807, 2.05) is 36.4 Å². The van der Waals surface area contributed by atoms with E-state index in [9.17, 15) is 10.1 Å². The highest BCUT2D eigenvalue weighted by atomic mass is 16.5. The van der Waals surface area contributed by atoms with E-state index in [-0.39, 0.29) is 18.3 Å². The number of ether oxygens (including phenoxy) is 1. The van der Waals surface area contributed by atoms with Crippen LogP contribution in [0.25, 0.3) is 10.9 Å². The third-order valence-electron chi connectivity index (χ3n) is 5.97. The Balaban J connectivity index is 1.39. The molecule has 5 rings (SSSR count). The second kappa shape index (κ2) is 8.43. The highest BCUT2D eigenvalue weighted by Gasteiger charge is 2.34. The molecule has 0 radical (unpaired) electrons. The fraction of sp³-hybridized carbons (Fsp3) is 0.364. The van der Waals surface area contributed by atoms with Crippen molar-refractivity contribution in [3.63, 3.8) is 0 Å². The molecule has 1 saturated carbocycles. The van der Waals surface area contributed by atoms with Gasteiger partial charge in [-0.2, -0.15) is 0 Å². The van der Waals surface area contributed by atoms with Crippen molar-refractivity contribution in [2.45, 2.75) is 44.0 Å². The minimum absolute atomic E-state index is 0.0778. The topological polar surface area (TPSA) is 123 Å². The normalized spacial score (nSPS) is 23.1. The molecule has 1 fully saturated rings. The first-order valence-corrected chi connectivity index (χ1v) is 10.7. The third-order valence-corrected chi connectivity index (χ3v) is 5.97. The van der Waals surface area contributed by atoms with Gasteiger partial charge in [-0.05, 0) is 54.9 Å². The maximum absolute atomic E-state index is 10.2. The summed E-state index contributed by atoms with van der Waals surface area (Å²) >= 11 is 0. The molecule has 9 heteroatoms. The number of anilines is 2. The van der Waals surface area contributed by atoms with Gasteiger partial charge in [0.2, 0.25) is 5.95 Å². The lowest BCUT2D eigenvalue weighted by Crippen LogP contribution is -2.28. The largest absolute Gasteiger partial charge is 0.492 e. The zero-order valence-electron chi connectivity index (χ0n) is 17.1. The van der Waals surface area contributed by atoms with Crippen LogP contribution in [0.2, 0.25) is 0 Å². The Bertz CT molecular complexity index is 1090. The fourth-order valence-electron chi connectivity index (χ4n) is 4.30. The maximum atomic E-state index is 10.2. The molecule has 2 aromatic carbocycles. The lowest BCUT2D eigenvalue weighted by Gasteiger charge is -2.26. The van der Waals surface area contributed by atoms with E-state index in [1.165, 1.54) is 0 Å². The second-order valence-electron chi connectivity index (χ2n) is 8.12. The van der Waals surface area contributed by atoms with E-state index >= 15 is 0 Å². The number of hydrogen-bond donors (Lipinski definition) is 4. The average Bonchev–Trinajstić information content (AvgIpc) is 3.11. The van der Waals surface area contributed by atoms with Crippen LogP contribution in [-0.2, 0) is 4.65 Å². The summed E-state index contributed by atoms with van der Waals surface area (Å²) in [5.74, 6) is 1.15. The molecule has 2 aliphatic rings. The zero-order chi connectivity index (χ0) is 21.4. The van der Waals surface area contributed by atoms with Crippen LogP contribution in [-0.4, -0.2) is 46.0 Å². The molecule has 1 aliphatic carbocycles. The molecular formula is C22H25BN4O4. The number of hydrogen-bond acceptors (Lipinski definition) is 8. The van der Waals surface area contributed by atoms with Gasteiger partial charge in [0.25, 0.3) is 0 Å². The summed E-state index contributed by atoms with van der Waals surface area (Å²) in [6.45, 7) is 0.313. The Morgan fingerprint density at radius 2 is 2.03 bits per heavy atom. The van der Waals surface area contributed by atoms with Crippen LogP contribution in [0.5, 0.6) is 5.75 Å². The van der Waals surface area contributed by atoms with Gasteiger partial charge in [0.15, 0.2) is 0 Å². The van der Waals surface area contributed by atoms with Crippen molar-refractivity contribution >= 4 is 35.1 Å². The third kappa shape index (κ3) is 4.09. The maximum Gasteiger partial charge on any atom is 0.492 e. The lowest BCUT2D eigenvalue weighted by molar-refractivity contribution is 0.0672. The Labute approximate surface area is 180 Å². The minimum Gasteiger partial charge on any atom is -0.488 e. The number of nitrogens with one attached hydrogen (secondary N) is 1. The predicted octanol–water partition coefficient (Wildman–Crippen LogP) is 1.77. The highest BCUT2D eigenvalue weighted by Crippen LogP contribution is 2.30. The van der Waals surface area contributed by atoms with Crippen molar-refractivity contribution in [1.82, 2.24) is 9.97 Å². The molecule has 1 unspecified atom stereocenters. The van der Waals surface area contributed by atoms with Gasteiger partial charge in [0.1, 0.15) is 11.3 Å². The number of aromatic nitrogens is 2. The monoisotopic (exact) mass is 420 g/mol. The first-order valence-electron chi connectivity index (χ1n) is 10.7. The Kier molecular flexibility index (Phi) is 5.49. The Morgan fingerprint density at radius 3 is 2.84 bits per heavy atom. The molecule has 1 atom stereocenters. The highest BCUT2D eigenvalue weighted by molar-refractivity contribution is 6.61. The summed E-state index contributed by atoms with van der Waals surface area (Å²) in [4.78, 5) is 9.10. The summed E-state index contributed by atoms with van der Waals surface area (Å²) in [6, 6.07) is 11.4. The van der Waals surface area contributed by atoms with Crippen molar-refractivity contribution in [3.8, 4) is 5.75 Å². The van der Waals surface area contributed by atoms with E-state index in [0.29, 0.717) is 23.7 Å². The summed E-state index contributed by atoms with van der Waals surface area (Å²) < 4.78 is 11.7. The Morgan fingerprint density at radius 1 is 1.19 bits per heavy atom. The van der Waals surface area contributed by atoms with Crippen molar-refractivity contribution in [1.29, 1.82) is 0 Å². The minimum atomic E-state index is -0.989. The van der Waals surface area contributed by atoms with Crippen molar-refractivity contribution < 1.29 is 19.5 Å². The molecule has 1 aliphatic heterocycles. The predicted molar refractivity (Wildman–Crippen MR) is 119 cm³/mol. The molecule has 1 aromatic heterocycles. The molecule has 5 N–H and O–H groups in total. The number of para-hydroxylation sites is 1. The van der Waals surface area contributed by atoms with Gasteiger partial charge in [-0.25, -0.2) is 9.97 Å². The first-order chi connectivity index (χ1) is 15.1. The van der Waals surface area contributed by atoms with Gasteiger partial charge in [-0.15, -0.1) is 0 Å². The van der Waals surface area contributed by atoms with Crippen LogP contribution >= 0.6 is 0 Å². The molecule has 31 heavy (non-hydrogen) atoms. The van der Waals surface area contributed by atoms with Gasteiger partial charge in [0.05, 0.1) is 18.3 Å². The Hall–Kier alpha value is -2.72. The van der Waals surface area contributed by atoms with Gasteiger partial charge in [0, 0.05) is 23.8 Å². The second-order valence-corrected chi connectivity index (χ2v) is 8.12. The van der Waals surface area contributed by atoms with E-state index in [4.69, 9.17) is 15.1 Å². The number of benzene rings is 2. The van der Waals surface area contributed by atoms with Crippen LogP contribution in [0.1, 0.15) is 37.4 Å². The molecule has 0 amide bonds. The van der Waals surface area contributed by atoms with Gasteiger partial charge >= 0.3 is 7.12 Å². The SMILES string of the molecule is NCC1OB(O)c2cc(Nc3ncc4cccc(OC5CCC(O)CC5)c4n3)ccc21. The number of aliphatic hydroxyl groups is 1. The summed E-state index contributed by atoms with van der Waals surface area (Å²) in [7, 11) is -0.989. The number of fused-ring (bicyclic) bond motifs is 2. The van der Waals surface area contributed by atoms with Gasteiger partial charge in [-0.1, -0.05) is 18.2 Å². The molecule has 0 saturated heterocycles. The van der Waals surface area contributed by atoms with Crippen LogP contribution in [0, 0.1) is 0 Å². The molecule has 0 bridgehead atoms. The van der Waals surface area contributed by atoms with Crippen LogP contribution < -0.4 is 21.3 Å². The molecule has 2 heterocycles. The van der Waals surface area contributed by atoms with Crippen molar-refractivity contribution in [2.24, 2.45) is 5.73 Å². The fourth-order valence-corrected chi connectivity index (χ4v) is 4.30. The van der Waals surface area contributed by atoms with Crippen LogP contribution in [0.3, 0.4) is 0 Å². The number of nitrogens with two attached hydrogens (primary N) is 1. The summed E-state index contributed by atoms with van der Waals surface area (Å²) in [5.41, 5.74) is 8.80. The molecular weight excluding hydrogens is 395 g/mol. The van der Waals surface area contributed by atoms with Crippen LogP contribution in [0.4, 0.5) is 11.6 Å². The molecule has 160 valence electrons. The van der Waals surface area contributed by atoms with Crippen molar-refractivity contribution in [3.05, 3.63) is 48.2 Å². The first kappa shape index (κ1) is 20.2. The van der Waals surface area contributed by atoms with E-state index in [1.54, 1.807) is 6.20 Å². The quantitative estimate of drug-likeness (QED) is 0.461. The van der Waals surface area contributed by atoms with E-state index in [2.05, 4.69) is 15.3 Å². The number of rotatable bonds is 5. The van der Waals surface area contributed by atoms with E-state index in [0.717, 1.165) is 47.8 Å². The molecule has 8 nitrogen and oxygen atoms in total. The lowest BCUT2D eigenvalue weighted by atomic mass is 9.79. The molecule has 3 aromatic rings. The molecule has 0 spiro atoms.